The van der Waals surface area contributed by atoms with Crippen molar-refractivity contribution in [1.29, 1.82) is 0 Å². The molecule has 1 atom stereocenters. The Morgan fingerprint density at radius 1 is 0.815 bits per heavy atom. The van der Waals surface area contributed by atoms with Crippen molar-refractivity contribution in [3.63, 3.8) is 0 Å². The molecule has 0 spiro atoms. The molecular formula is C23H32N4. The molecule has 27 heavy (non-hydrogen) atoms. The van der Waals surface area contributed by atoms with Crippen molar-refractivity contribution in [3.05, 3.63) is 60.2 Å². The van der Waals surface area contributed by atoms with Gasteiger partial charge < -0.3 is 10.6 Å². The van der Waals surface area contributed by atoms with Crippen LogP contribution < -0.4 is 10.6 Å². The summed E-state index contributed by atoms with van der Waals surface area (Å²) < 4.78 is 0. The summed E-state index contributed by atoms with van der Waals surface area (Å²) in [4.78, 5) is 7.86. The molecule has 4 heteroatoms. The number of nitrogens with two attached hydrogens (primary N) is 1. The number of likely N-dealkylation sites (tertiary alicyclic amines) is 1. The van der Waals surface area contributed by atoms with E-state index < -0.39 is 0 Å². The van der Waals surface area contributed by atoms with E-state index in [1.807, 2.05) is 12.1 Å². The maximum Gasteiger partial charge on any atom is 0.0368 e. The lowest BCUT2D eigenvalue weighted by Crippen LogP contribution is -2.53. The second-order valence-corrected chi connectivity index (χ2v) is 7.97. The molecule has 4 rings (SSSR count). The number of hydrogen-bond donors (Lipinski definition) is 1. The van der Waals surface area contributed by atoms with Crippen LogP contribution in [-0.2, 0) is 0 Å². The van der Waals surface area contributed by atoms with Gasteiger partial charge in [-0.3, -0.25) is 9.80 Å². The predicted octanol–water partition coefficient (Wildman–Crippen LogP) is 3.62. The van der Waals surface area contributed by atoms with E-state index >= 15 is 0 Å². The summed E-state index contributed by atoms with van der Waals surface area (Å²) in [7, 11) is 0. The second kappa shape index (κ2) is 8.32. The fraction of sp³-hybridized carbons (Fsp3) is 0.478. The van der Waals surface area contributed by atoms with Gasteiger partial charge in [0.2, 0.25) is 0 Å². The average molecular weight is 365 g/mol. The van der Waals surface area contributed by atoms with Crippen LogP contribution in [0.3, 0.4) is 0 Å². The highest BCUT2D eigenvalue weighted by Gasteiger charge is 2.29. The van der Waals surface area contributed by atoms with E-state index in [1.54, 1.807) is 0 Å². The van der Waals surface area contributed by atoms with Crippen LogP contribution in [0.25, 0.3) is 0 Å². The van der Waals surface area contributed by atoms with Crippen LogP contribution in [0.15, 0.2) is 54.6 Å². The minimum absolute atomic E-state index is 0.523. The van der Waals surface area contributed by atoms with Gasteiger partial charge in [-0.25, -0.2) is 0 Å². The highest BCUT2D eigenvalue weighted by Crippen LogP contribution is 2.27. The molecule has 1 unspecified atom stereocenters. The molecule has 2 aromatic carbocycles. The highest BCUT2D eigenvalue weighted by molar-refractivity contribution is 5.53. The molecule has 2 aromatic rings. The monoisotopic (exact) mass is 364 g/mol. The zero-order valence-electron chi connectivity index (χ0n) is 16.4. The molecule has 2 N–H and O–H groups in total. The van der Waals surface area contributed by atoms with Crippen molar-refractivity contribution in [2.45, 2.75) is 31.8 Å². The van der Waals surface area contributed by atoms with E-state index in [-0.39, 0.29) is 0 Å². The maximum absolute atomic E-state index is 5.81. The molecule has 144 valence electrons. The Balaban J connectivity index is 1.26. The zero-order chi connectivity index (χ0) is 18.6. The number of anilines is 2. The lowest BCUT2D eigenvalue weighted by Gasteiger charge is -2.44. The summed E-state index contributed by atoms with van der Waals surface area (Å²) >= 11 is 0. The van der Waals surface area contributed by atoms with Crippen molar-refractivity contribution in [3.8, 4) is 0 Å². The first-order chi connectivity index (χ1) is 13.2. The summed E-state index contributed by atoms with van der Waals surface area (Å²) in [6, 6.07) is 20.5. The molecule has 2 aliphatic heterocycles. The number of hydrogen-bond acceptors (Lipinski definition) is 4. The summed E-state index contributed by atoms with van der Waals surface area (Å²) in [6.45, 7) is 9.33. The van der Waals surface area contributed by atoms with Crippen LogP contribution in [0.5, 0.6) is 0 Å². The van der Waals surface area contributed by atoms with Gasteiger partial charge in [0.05, 0.1) is 0 Å². The number of nitrogen functional groups attached to an aromatic ring is 1. The third-order valence-electron chi connectivity index (χ3n) is 6.42. The lowest BCUT2D eigenvalue weighted by atomic mass is 9.98. The van der Waals surface area contributed by atoms with Crippen molar-refractivity contribution in [1.82, 2.24) is 9.80 Å². The molecule has 2 aliphatic rings. The normalized spacial score (nSPS) is 21.3. The minimum Gasteiger partial charge on any atom is -0.399 e. The molecule has 0 aromatic heterocycles. The molecule has 0 bridgehead atoms. The quantitative estimate of drug-likeness (QED) is 0.841. The van der Waals surface area contributed by atoms with Gasteiger partial charge in [0.1, 0.15) is 0 Å². The van der Waals surface area contributed by atoms with Gasteiger partial charge in [0.15, 0.2) is 0 Å². The van der Waals surface area contributed by atoms with E-state index in [9.17, 15) is 0 Å². The van der Waals surface area contributed by atoms with Crippen LogP contribution in [0.1, 0.15) is 31.4 Å². The highest BCUT2D eigenvalue weighted by atomic mass is 15.3. The van der Waals surface area contributed by atoms with Crippen molar-refractivity contribution < 1.29 is 0 Å². The van der Waals surface area contributed by atoms with E-state index in [4.69, 9.17) is 5.73 Å². The maximum atomic E-state index is 5.81. The minimum atomic E-state index is 0.523. The fourth-order valence-corrected chi connectivity index (χ4v) is 4.61. The lowest BCUT2D eigenvalue weighted by molar-refractivity contribution is 0.0840. The Kier molecular flexibility index (Phi) is 5.65. The third kappa shape index (κ3) is 4.28. The molecule has 0 amide bonds. The number of nitrogens with zero attached hydrogens (tertiary/aromatic N) is 3. The smallest absolute Gasteiger partial charge is 0.0368 e. The second-order valence-electron chi connectivity index (χ2n) is 7.97. The van der Waals surface area contributed by atoms with Gasteiger partial charge in [-0.1, -0.05) is 30.3 Å². The van der Waals surface area contributed by atoms with Crippen molar-refractivity contribution >= 4 is 11.4 Å². The third-order valence-corrected chi connectivity index (χ3v) is 6.42. The topological polar surface area (TPSA) is 35.7 Å². The molecule has 2 fully saturated rings. The van der Waals surface area contributed by atoms with Crippen LogP contribution in [0.2, 0.25) is 0 Å². The largest absolute Gasteiger partial charge is 0.399 e. The zero-order valence-corrected chi connectivity index (χ0v) is 16.4. The van der Waals surface area contributed by atoms with Gasteiger partial charge in [-0.05, 0) is 49.6 Å². The van der Waals surface area contributed by atoms with E-state index in [1.165, 1.54) is 50.3 Å². The Bertz CT molecular complexity index is 699. The first-order valence-corrected chi connectivity index (χ1v) is 10.3. The predicted molar refractivity (Wildman–Crippen MR) is 114 cm³/mol. The first-order valence-electron chi connectivity index (χ1n) is 10.3. The Morgan fingerprint density at radius 2 is 1.44 bits per heavy atom. The Labute approximate surface area is 163 Å². The van der Waals surface area contributed by atoms with Crippen molar-refractivity contribution in [2.75, 3.05) is 49.9 Å². The molecule has 0 aliphatic carbocycles. The van der Waals surface area contributed by atoms with Crippen molar-refractivity contribution in [2.24, 2.45) is 0 Å². The van der Waals surface area contributed by atoms with Crippen LogP contribution in [-0.4, -0.2) is 55.1 Å². The Morgan fingerprint density at radius 3 is 2.07 bits per heavy atom. The fourth-order valence-electron chi connectivity index (χ4n) is 4.61. The molecular weight excluding hydrogens is 332 g/mol. The van der Waals surface area contributed by atoms with Gasteiger partial charge in [-0.15, -0.1) is 0 Å². The van der Waals surface area contributed by atoms with Crippen LogP contribution in [0, 0.1) is 0 Å². The molecule has 0 saturated carbocycles. The van der Waals surface area contributed by atoms with Crippen LogP contribution in [0.4, 0.5) is 11.4 Å². The van der Waals surface area contributed by atoms with Crippen LogP contribution >= 0.6 is 0 Å². The number of rotatable bonds is 4. The van der Waals surface area contributed by atoms with Gasteiger partial charge in [0, 0.05) is 62.7 Å². The van der Waals surface area contributed by atoms with Gasteiger partial charge in [-0.2, -0.15) is 0 Å². The van der Waals surface area contributed by atoms with E-state index in [0.29, 0.717) is 6.04 Å². The van der Waals surface area contributed by atoms with E-state index in [2.05, 4.69) is 64.1 Å². The summed E-state index contributed by atoms with van der Waals surface area (Å²) in [5.41, 5.74) is 9.40. The molecule has 0 radical (unpaired) electrons. The van der Waals surface area contributed by atoms with Gasteiger partial charge in [0.25, 0.3) is 0 Å². The number of piperazine rings is 1. The standard InChI is InChI=1S/C23H32N4/c1-19(20-5-3-2-4-6-20)25-13-11-23(12-14-25)27-17-15-26(16-18-27)22-9-7-21(24)8-10-22/h2-10,19,23H,11-18,24H2,1H3. The van der Waals surface area contributed by atoms with E-state index in [0.717, 1.165) is 24.8 Å². The first kappa shape index (κ1) is 18.3. The van der Waals surface area contributed by atoms with Gasteiger partial charge >= 0.3 is 0 Å². The average Bonchev–Trinajstić information content (AvgIpc) is 2.75. The summed E-state index contributed by atoms with van der Waals surface area (Å²) in [5.74, 6) is 0. The SMILES string of the molecule is CC(c1ccccc1)N1CCC(N2CCN(c3ccc(N)cc3)CC2)CC1. The molecule has 2 saturated heterocycles. The summed E-state index contributed by atoms with van der Waals surface area (Å²) in [6.07, 6.45) is 2.58. The number of benzene rings is 2. The Hall–Kier alpha value is -2.04. The molecule has 2 heterocycles. The number of piperidine rings is 1. The molecule has 4 nitrogen and oxygen atoms in total. The summed E-state index contributed by atoms with van der Waals surface area (Å²) in [5, 5.41) is 0.